The average Bonchev–Trinajstić information content (AvgIpc) is 1.00. The quantitative estimate of drug-likeness (QED) is 0.505. The van der Waals surface area contributed by atoms with E-state index in [0.29, 0.717) is 0 Å². The van der Waals surface area contributed by atoms with Gasteiger partial charge in [0.1, 0.15) is 0 Å². The monoisotopic (exact) mass is 286 g/mol. The molecule has 0 fully saturated rings. The van der Waals surface area contributed by atoms with Gasteiger partial charge < -0.3 is 0 Å². The van der Waals surface area contributed by atoms with Crippen LogP contribution >= 0.6 is 0 Å². The number of hydrogen-bond acceptors (Lipinski definition) is 0. The predicted octanol–water partition coefficient (Wildman–Crippen LogP) is -0.926. The normalized spacial score (nSPS) is 0.800. The van der Waals surface area contributed by atoms with Crippen molar-refractivity contribution >= 4 is 6.11 Å². The van der Waals surface area contributed by atoms with E-state index in [4.69, 9.17) is 0 Å². The molecule has 0 aromatic carbocycles. The van der Waals surface area contributed by atoms with Gasteiger partial charge >= 0.3 is 25.7 Å². The molecule has 0 spiro atoms. The topological polar surface area (TPSA) is 0 Å². The van der Waals surface area contributed by atoms with Crippen molar-refractivity contribution in [3.63, 3.8) is 0 Å². The van der Waals surface area contributed by atoms with Gasteiger partial charge in [-0.15, -0.1) is 0 Å². The minimum Gasteiger partial charge on any atom is 0 e. The summed E-state index contributed by atoms with van der Waals surface area (Å²) in [6, 6.07) is 0. The first-order valence-electron chi connectivity index (χ1n) is 0.408. The minimum absolute atomic E-state index is 0. The van der Waals surface area contributed by atoms with Gasteiger partial charge in [0.05, 0.1) is 0 Å². The van der Waals surface area contributed by atoms with Crippen molar-refractivity contribution in [3.05, 3.63) is 0 Å². The van der Waals surface area contributed by atoms with Crippen molar-refractivity contribution in [2.24, 2.45) is 0 Å². The zero-order valence-corrected chi connectivity index (χ0v) is 10.1. The van der Waals surface area contributed by atoms with Crippen LogP contribution in [0.15, 0.2) is 0 Å². The van der Waals surface area contributed by atoms with E-state index < -0.39 is 0 Å². The van der Waals surface area contributed by atoms with Gasteiger partial charge in [0, 0.05) is 53.6 Å². The third kappa shape index (κ3) is 21.4. The molecule has 0 aromatic rings. The summed E-state index contributed by atoms with van der Waals surface area (Å²) in [6.45, 7) is 0. The molecule has 0 rings (SSSR count). The molecule has 0 aliphatic heterocycles. The Hall–Kier alpha value is 2.42. The molecule has 0 bridgehead atoms. The molecule has 0 aliphatic carbocycles. The van der Waals surface area contributed by atoms with E-state index in [1.54, 1.807) is 0 Å². The Bertz CT molecular complexity index is 11.6. The van der Waals surface area contributed by atoms with E-state index in [-0.39, 0.29) is 53.6 Å². The van der Waals surface area contributed by atoms with Gasteiger partial charge in [-0.25, -0.2) is 0 Å². The SMILES string of the molecule is [BH2][Mo].[Fe].[Mn].[Zn]. The smallest absolute Gasteiger partial charge is 0 e. The maximum absolute atomic E-state index is 2.01. The van der Waals surface area contributed by atoms with Gasteiger partial charge in [-0.2, -0.15) is 0 Å². The molecule has 0 aromatic heterocycles. The molecule has 28 valence electrons. The summed E-state index contributed by atoms with van der Waals surface area (Å²) < 4.78 is 0. The van der Waals surface area contributed by atoms with Crippen molar-refractivity contribution in [2.45, 2.75) is 0 Å². The van der Waals surface area contributed by atoms with Crippen LogP contribution < -0.4 is 0 Å². The second-order valence-electron chi connectivity index (χ2n) is 0. The molecule has 0 N–H and O–H groups in total. The summed E-state index contributed by atoms with van der Waals surface area (Å²) in [4.78, 5) is 0. The van der Waals surface area contributed by atoms with E-state index in [1.807, 2.05) is 25.7 Å². The third-order valence-electron chi connectivity index (χ3n) is 0. The molecule has 5 heteroatoms. The molecule has 0 amide bonds. The van der Waals surface area contributed by atoms with Gasteiger partial charge in [-0.1, -0.05) is 0 Å². The fourth-order valence-corrected chi connectivity index (χ4v) is 0. The summed E-state index contributed by atoms with van der Waals surface area (Å²) in [5, 5.41) is 0. The molecule has 5 heavy (non-hydrogen) atoms. The van der Waals surface area contributed by atoms with Crippen LogP contribution in [0.2, 0.25) is 0 Å². The first kappa shape index (κ1) is 26.2. The molecule has 0 saturated heterocycles. The van der Waals surface area contributed by atoms with Crippen LogP contribution in [0.1, 0.15) is 0 Å². The zero-order chi connectivity index (χ0) is 2.00. The fourth-order valence-electron chi connectivity index (χ4n) is 0. The van der Waals surface area contributed by atoms with Crippen LogP contribution in [0.5, 0.6) is 0 Å². The standard InChI is InChI=1S/BH2.Fe.Mn.Mo.Zn/h1H2;;;;/q+1;;;-1;. The molecule has 0 unspecified atom stereocenters. The Kier molecular flexibility index (Phi) is 169. The van der Waals surface area contributed by atoms with Crippen LogP contribution in [0.25, 0.3) is 0 Å². The molecule has 1 radical (unpaired) electrons. The Morgan fingerprint density at radius 2 is 1.20 bits per heavy atom. The van der Waals surface area contributed by atoms with E-state index in [1.165, 1.54) is 0 Å². The van der Waals surface area contributed by atoms with Crippen LogP contribution in [-0.2, 0) is 73.2 Å². The van der Waals surface area contributed by atoms with Crippen molar-refractivity contribution in [1.29, 1.82) is 0 Å². The van der Waals surface area contributed by atoms with Crippen molar-refractivity contribution in [3.8, 4) is 0 Å². The molecule has 0 aliphatic rings. The van der Waals surface area contributed by atoms with Gasteiger partial charge in [-0.3, -0.25) is 0 Å². The van der Waals surface area contributed by atoms with E-state index in [9.17, 15) is 0 Å². The first-order valence-corrected chi connectivity index (χ1v) is 2.42. The van der Waals surface area contributed by atoms with Crippen LogP contribution in [0.3, 0.4) is 0 Å². The molecule has 0 heterocycles. The fraction of sp³-hybridized carbons (Fsp3) is 0. The van der Waals surface area contributed by atoms with Gasteiger partial charge in [0.2, 0.25) is 0 Å². The van der Waals surface area contributed by atoms with E-state index in [2.05, 4.69) is 0 Å². The van der Waals surface area contributed by atoms with Crippen LogP contribution in [0, 0.1) is 0 Å². The molecule has 0 nitrogen and oxygen atoms in total. The zero-order valence-electron chi connectivity index (χ0n) is 2.85. The summed E-state index contributed by atoms with van der Waals surface area (Å²) in [5.41, 5.74) is 0. The maximum atomic E-state index is 2.01. The van der Waals surface area contributed by atoms with Gasteiger partial charge in [-0.05, 0) is 0 Å². The molecular weight excluding hydrogens is 283 g/mol. The van der Waals surface area contributed by atoms with Crippen molar-refractivity contribution < 1.29 is 73.2 Å². The Morgan fingerprint density at radius 1 is 1.20 bits per heavy atom. The molecular formula is H2BFeMnMoZn. The summed E-state index contributed by atoms with van der Waals surface area (Å²) in [6.07, 6.45) is 2.01. The Morgan fingerprint density at radius 3 is 1.20 bits per heavy atom. The third-order valence-corrected chi connectivity index (χ3v) is 0. The second-order valence-corrected chi connectivity index (χ2v) is 0. The molecule has 0 atom stereocenters. The van der Waals surface area contributed by atoms with E-state index >= 15 is 0 Å². The summed E-state index contributed by atoms with van der Waals surface area (Å²) >= 11 is 1.95. The van der Waals surface area contributed by atoms with Crippen molar-refractivity contribution in [1.82, 2.24) is 0 Å². The second kappa shape index (κ2) is 32.2. The Labute approximate surface area is 78.4 Å². The largest absolute Gasteiger partial charge is 0 e. The van der Waals surface area contributed by atoms with E-state index in [0.717, 1.165) is 0 Å². The first-order chi connectivity index (χ1) is 1.00. The summed E-state index contributed by atoms with van der Waals surface area (Å²) in [7, 11) is 0. The summed E-state index contributed by atoms with van der Waals surface area (Å²) in [5.74, 6) is 0. The molecule has 0 saturated carbocycles. The Balaban J connectivity index is -0.00000000167. The average molecular weight is 285 g/mol. The van der Waals surface area contributed by atoms with Crippen molar-refractivity contribution in [2.75, 3.05) is 0 Å². The maximum Gasteiger partial charge on any atom is 0 e. The number of hydrogen-bond donors (Lipinski definition) is 0. The van der Waals surface area contributed by atoms with Crippen LogP contribution in [-0.4, -0.2) is 6.11 Å². The number of rotatable bonds is 0. The van der Waals surface area contributed by atoms with Gasteiger partial charge in [0.15, 0.2) is 0 Å². The minimum atomic E-state index is 0. The predicted molar refractivity (Wildman–Crippen MR) is 8.54 cm³/mol. The van der Waals surface area contributed by atoms with Crippen LogP contribution in [0.4, 0.5) is 0 Å². The van der Waals surface area contributed by atoms with Gasteiger partial charge in [0.25, 0.3) is 0 Å².